The summed E-state index contributed by atoms with van der Waals surface area (Å²) in [5.74, 6) is 0. The van der Waals surface area contributed by atoms with Crippen molar-refractivity contribution in [1.82, 2.24) is 9.80 Å². The van der Waals surface area contributed by atoms with E-state index < -0.39 is 0 Å². The van der Waals surface area contributed by atoms with Gasteiger partial charge in [-0.25, -0.2) is 0 Å². The van der Waals surface area contributed by atoms with Gasteiger partial charge in [0.2, 0.25) is 0 Å². The third kappa shape index (κ3) is 2.42. The Morgan fingerprint density at radius 2 is 2.00 bits per heavy atom. The summed E-state index contributed by atoms with van der Waals surface area (Å²) in [5.41, 5.74) is 9.36. The maximum atomic E-state index is 6.54. The van der Waals surface area contributed by atoms with Crippen LogP contribution in [-0.2, 0) is 6.42 Å². The van der Waals surface area contributed by atoms with Crippen molar-refractivity contribution in [2.24, 2.45) is 5.73 Å². The molecule has 3 unspecified atom stereocenters. The summed E-state index contributed by atoms with van der Waals surface area (Å²) in [4.78, 5) is 4.97. The van der Waals surface area contributed by atoms with Crippen molar-refractivity contribution in [3.8, 4) is 0 Å². The predicted octanol–water partition coefficient (Wildman–Crippen LogP) is 1.64. The molecule has 0 saturated carbocycles. The molecule has 1 aliphatic heterocycles. The molecule has 2 N–H and O–H groups in total. The third-order valence-electron chi connectivity index (χ3n) is 4.93. The SMILES string of the molecule is CN(C)C1CCN(C2CCc3ccccc3C2N)C1. The molecule has 1 aliphatic carbocycles. The van der Waals surface area contributed by atoms with Crippen LogP contribution < -0.4 is 5.73 Å². The Bertz CT molecular complexity index is 443. The van der Waals surface area contributed by atoms with Crippen LogP contribution in [-0.4, -0.2) is 49.1 Å². The number of rotatable bonds is 2. The average molecular weight is 259 g/mol. The lowest BCUT2D eigenvalue weighted by Crippen LogP contribution is -2.45. The zero-order valence-corrected chi connectivity index (χ0v) is 12.0. The van der Waals surface area contributed by atoms with Crippen LogP contribution in [0.2, 0.25) is 0 Å². The molecular weight excluding hydrogens is 234 g/mol. The van der Waals surface area contributed by atoms with E-state index in [1.165, 1.54) is 43.5 Å². The Hall–Kier alpha value is -0.900. The summed E-state index contributed by atoms with van der Waals surface area (Å²) in [6.07, 6.45) is 3.66. The van der Waals surface area contributed by atoms with Gasteiger partial charge in [-0.05, 0) is 44.5 Å². The highest BCUT2D eigenvalue weighted by atomic mass is 15.3. The van der Waals surface area contributed by atoms with E-state index in [4.69, 9.17) is 5.73 Å². The lowest BCUT2D eigenvalue weighted by Gasteiger charge is -2.37. The molecule has 0 radical (unpaired) electrons. The molecule has 2 aliphatic rings. The molecule has 0 bridgehead atoms. The monoisotopic (exact) mass is 259 g/mol. The van der Waals surface area contributed by atoms with E-state index in [9.17, 15) is 0 Å². The lowest BCUT2D eigenvalue weighted by atomic mass is 9.84. The fraction of sp³-hybridized carbons (Fsp3) is 0.625. The van der Waals surface area contributed by atoms with Crippen molar-refractivity contribution in [2.45, 2.75) is 37.4 Å². The molecule has 1 aromatic rings. The highest BCUT2D eigenvalue weighted by Gasteiger charge is 2.35. The van der Waals surface area contributed by atoms with Gasteiger partial charge in [-0.15, -0.1) is 0 Å². The van der Waals surface area contributed by atoms with Gasteiger partial charge in [0.25, 0.3) is 0 Å². The Kier molecular flexibility index (Phi) is 3.61. The van der Waals surface area contributed by atoms with E-state index in [0.29, 0.717) is 12.1 Å². The summed E-state index contributed by atoms with van der Waals surface area (Å²) in [7, 11) is 4.37. The zero-order valence-electron chi connectivity index (χ0n) is 12.0. The van der Waals surface area contributed by atoms with Crippen LogP contribution in [0, 0.1) is 0 Å². The van der Waals surface area contributed by atoms with Crippen LogP contribution >= 0.6 is 0 Å². The van der Waals surface area contributed by atoms with Crippen LogP contribution in [0.25, 0.3) is 0 Å². The maximum Gasteiger partial charge on any atom is 0.0455 e. The molecule has 0 aromatic heterocycles. The first-order valence-electron chi connectivity index (χ1n) is 7.40. The van der Waals surface area contributed by atoms with Gasteiger partial charge in [-0.3, -0.25) is 4.90 Å². The van der Waals surface area contributed by atoms with E-state index in [2.05, 4.69) is 48.2 Å². The van der Waals surface area contributed by atoms with E-state index in [0.717, 1.165) is 0 Å². The number of likely N-dealkylation sites (tertiary alicyclic amines) is 1. The highest BCUT2D eigenvalue weighted by Crippen LogP contribution is 2.33. The molecule has 0 spiro atoms. The van der Waals surface area contributed by atoms with E-state index in [1.807, 2.05) is 0 Å². The Labute approximate surface area is 116 Å². The topological polar surface area (TPSA) is 32.5 Å². The molecule has 3 heteroatoms. The number of benzene rings is 1. The number of fused-ring (bicyclic) bond motifs is 1. The second-order valence-corrected chi connectivity index (χ2v) is 6.23. The molecule has 3 rings (SSSR count). The molecule has 0 amide bonds. The highest BCUT2D eigenvalue weighted by molar-refractivity contribution is 5.33. The molecule has 104 valence electrons. The average Bonchev–Trinajstić information content (AvgIpc) is 2.89. The van der Waals surface area contributed by atoms with Crippen molar-refractivity contribution in [2.75, 3.05) is 27.2 Å². The normalized spacial score (nSPS) is 31.7. The van der Waals surface area contributed by atoms with Crippen LogP contribution in [0.15, 0.2) is 24.3 Å². The first kappa shape index (κ1) is 13.1. The van der Waals surface area contributed by atoms with Gasteiger partial charge in [0.05, 0.1) is 0 Å². The van der Waals surface area contributed by atoms with Gasteiger partial charge in [-0.2, -0.15) is 0 Å². The van der Waals surface area contributed by atoms with Gasteiger partial charge in [-0.1, -0.05) is 24.3 Å². The molecule has 1 fully saturated rings. The van der Waals surface area contributed by atoms with Gasteiger partial charge >= 0.3 is 0 Å². The van der Waals surface area contributed by atoms with E-state index in [-0.39, 0.29) is 6.04 Å². The molecule has 1 saturated heterocycles. The maximum absolute atomic E-state index is 6.54. The third-order valence-corrected chi connectivity index (χ3v) is 4.93. The number of nitrogens with two attached hydrogens (primary N) is 1. The molecule has 19 heavy (non-hydrogen) atoms. The first-order chi connectivity index (χ1) is 9.16. The van der Waals surface area contributed by atoms with Gasteiger partial charge < -0.3 is 10.6 Å². The largest absolute Gasteiger partial charge is 0.323 e. The summed E-state index contributed by atoms with van der Waals surface area (Å²) in [6.45, 7) is 2.37. The van der Waals surface area contributed by atoms with E-state index in [1.54, 1.807) is 0 Å². The van der Waals surface area contributed by atoms with E-state index >= 15 is 0 Å². The molecule has 1 heterocycles. The number of nitrogens with zero attached hydrogens (tertiary/aromatic N) is 2. The van der Waals surface area contributed by atoms with Crippen molar-refractivity contribution < 1.29 is 0 Å². The van der Waals surface area contributed by atoms with Crippen LogP contribution in [0.3, 0.4) is 0 Å². The van der Waals surface area contributed by atoms with Gasteiger partial charge in [0.1, 0.15) is 0 Å². The second kappa shape index (κ2) is 5.23. The molecular formula is C16H25N3. The zero-order chi connectivity index (χ0) is 13.4. The van der Waals surface area contributed by atoms with Crippen molar-refractivity contribution in [3.63, 3.8) is 0 Å². The lowest BCUT2D eigenvalue weighted by molar-refractivity contribution is 0.175. The van der Waals surface area contributed by atoms with Crippen LogP contribution in [0.1, 0.15) is 30.0 Å². The Morgan fingerprint density at radius 1 is 1.21 bits per heavy atom. The van der Waals surface area contributed by atoms with Crippen molar-refractivity contribution in [1.29, 1.82) is 0 Å². The fourth-order valence-electron chi connectivity index (χ4n) is 3.68. The Morgan fingerprint density at radius 3 is 2.74 bits per heavy atom. The Balaban J connectivity index is 1.74. The fourth-order valence-corrected chi connectivity index (χ4v) is 3.68. The molecule has 3 nitrogen and oxygen atoms in total. The molecule has 3 atom stereocenters. The summed E-state index contributed by atoms with van der Waals surface area (Å²) in [6, 6.07) is 10.1. The number of hydrogen-bond donors (Lipinski definition) is 1. The summed E-state index contributed by atoms with van der Waals surface area (Å²) < 4.78 is 0. The predicted molar refractivity (Wildman–Crippen MR) is 79.1 cm³/mol. The van der Waals surface area contributed by atoms with Crippen LogP contribution in [0.5, 0.6) is 0 Å². The van der Waals surface area contributed by atoms with Gasteiger partial charge in [0.15, 0.2) is 0 Å². The van der Waals surface area contributed by atoms with Crippen LogP contribution in [0.4, 0.5) is 0 Å². The quantitative estimate of drug-likeness (QED) is 0.876. The van der Waals surface area contributed by atoms with Gasteiger partial charge in [0, 0.05) is 31.2 Å². The summed E-state index contributed by atoms with van der Waals surface area (Å²) in [5, 5.41) is 0. The number of likely N-dealkylation sites (N-methyl/N-ethyl adjacent to an activating group) is 1. The smallest absolute Gasteiger partial charge is 0.0455 e. The van der Waals surface area contributed by atoms with Crippen molar-refractivity contribution in [3.05, 3.63) is 35.4 Å². The van der Waals surface area contributed by atoms with Crippen molar-refractivity contribution >= 4 is 0 Å². The number of hydrogen-bond acceptors (Lipinski definition) is 3. The molecule has 1 aromatic carbocycles. The minimum absolute atomic E-state index is 0.186. The second-order valence-electron chi connectivity index (χ2n) is 6.23. The minimum atomic E-state index is 0.186. The number of aryl methyl sites for hydroxylation is 1. The minimum Gasteiger partial charge on any atom is -0.323 e. The standard InChI is InChI=1S/C16H25N3/c1-18(2)13-9-10-19(11-13)15-8-7-12-5-3-4-6-14(12)16(15)17/h3-6,13,15-16H,7-11,17H2,1-2H3. The first-order valence-corrected chi connectivity index (χ1v) is 7.40. The summed E-state index contributed by atoms with van der Waals surface area (Å²) >= 11 is 0.